The number of carboxylic acids is 1. The van der Waals surface area contributed by atoms with Gasteiger partial charge < -0.3 is 10.0 Å². The Kier molecular flexibility index (Phi) is 5.04. The Morgan fingerprint density at radius 3 is 2.50 bits per heavy atom. The fourth-order valence-corrected chi connectivity index (χ4v) is 3.81. The number of rotatable bonds is 5. The molecule has 18 heavy (non-hydrogen) atoms. The fourth-order valence-electron chi connectivity index (χ4n) is 3.81. The highest BCUT2D eigenvalue weighted by Gasteiger charge is 2.31. The second-order valence-corrected chi connectivity index (χ2v) is 6.21. The first-order valence-corrected chi connectivity index (χ1v) is 7.65. The minimum absolute atomic E-state index is 0.363. The van der Waals surface area contributed by atoms with Gasteiger partial charge in [-0.3, -0.25) is 4.79 Å². The van der Waals surface area contributed by atoms with E-state index in [1.165, 1.54) is 38.5 Å². The van der Waals surface area contributed by atoms with Gasteiger partial charge in [0.15, 0.2) is 0 Å². The molecule has 1 aliphatic heterocycles. The summed E-state index contributed by atoms with van der Waals surface area (Å²) in [6.07, 6.45) is 9.61. The second-order valence-electron chi connectivity index (χ2n) is 6.21. The number of carboxylic acid groups (broad SMARTS) is 1. The zero-order valence-electron chi connectivity index (χ0n) is 11.6. The molecule has 1 N–H and O–H groups in total. The summed E-state index contributed by atoms with van der Waals surface area (Å²) in [6, 6.07) is 0.747. The van der Waals surface area contributed by atoms with E-state index >= 15 is 0 Å². The van der Waals surface area contributed by atoms with E-state index in [4.69, 9.17) is 5.11 Å². The smallest absolute Gasteiger partial charge is 0.303 e. The lowest BCUT2D eigenvalue weighted by Gasteiger charge is -2.34. The molecule has 0 radical (unpaired) electrons. The van der Waals surface area contributed by atoms with Crippen LogP contribution in [0.3, 0.4) is 0 Å². The van der Waals surface area contributed by atoms with Gasteiger partial charge in [-0.2, -0.15) is 0 Å². The maximum Gasteiger partial charge on any atom is 0.303 e. The van der Waals surface area contributed by atoms with Gasteiger partial charge in [-0.1, -0.05) is 19.8 Å². The highest BCUT2D eigenvalue weighted by Crippen LogP contribution is 2.33. The van der Waals surface area contributed by atoms with Crippen molar-refractivity contribution in [3.8, 4) is 0 Å². The van der Waals surface area contributed by atoms with E-state index in [2.05, 4.69) is 11.8 Å². The maximum atomic E-state index is 10.7. The monoisotopic (exact) mass is 253 g/mol. The minimum atomic E-state index is -0.631. The van der Waals surface area contributed by atoms with Crippen molar-refractivity contribution in [2.45, 2.75) is 64.3 Å². The van der Waals surface area contributed by atoms with Crippen molar-refractivity contribution >= 4 is 5.97 Å². The zero-order chi connectivity index (χ0) is 13.0. The molecule has 3 nitrogen and oxygen atoms in total. The van der Waals surface area contributed by atoms with E-state index in [-0.39, 0.29) is 0 Å². The third-order valence-corrected chi connectivity index (χ3v) is 4.81. The molecule has 0 spiro atoms. The first-order valence-electron chi connectivity index (χ1n) is 7.65. The van der Waals surface area contributed by atoms with E-state index in [0.29, 0.717) is 12.3 Å². The molecule has 104 valence electrons. The van der Waals surface area contributed by atoms with E-state index in [1.54, 1.807) is 0 Å². The van der Waals surface area contributed by atoms with E-state index in [0.717, 1.165) is 31.5 Å². The molecule has 0 aromatic carbocycles. The van der Waals surface area contributed by atoms with Crippen molar-refractivity contribution < 1.29 is 9.90 Å². The molecular weight excluding hydrogens is 226 g/mol. The van der Waals surface area contributed by atoms with Crippen LogP contribution in [-0.2, 0) is 4.79 Å². The van der Waals surface area contributed by atoms with Crippen molar-refractivity contribution in [1.82, 2.24) is 4.90 Å². The van der Waals surface area contributed by atoms with Crippen LogP contribution >= 0.6 is 0 Å². The lowest BCUT2D eigenvalue weighted by Crippen LogP contribution is -2.36. The lowest BCUT2D eigenvalue weighted by atomic mass is 9.83. The van der Waals surface area contributed by atoms with E-state index < -0.39 is 5.97 Å². The molecule has 2 rings (SSSR count). The molecule has 0 bridgehead atoms. The van der Waals surface area contributed by atoms with Crippen LogP contribution in [0.4, 0.5) is 0 Å². The van der Waals surface area contributed by atoms with Gasteiger partial charge in [0.2, 0.25) is 0 Å². The van der Waals surface area contributed by atoms with Crippen LogP contribution in [0, 0.1) is 11.8 Å². The summed E-state index contributed by atoms with van der Waals surface area (Å²) in [7, 11) is 0. The van der Waals surface area contributed by atoms with Gasteiger partial charge >= 0.3 is 5.97 Å². The normalized spacial score (nSPS) is 33.7. The Morgan fingerprint density at radius 1 is 1.17 bits per heavy atom. The van der Waals surface area contributed by atoms with Gasteiger partial charge in [0.05, 0.1) is 0 Å². The van der Waals surface area contributed by atoms with Gasteiger partial charge in [0.1, 0.15) is 0 Å². The lowest BCUT2D eigenvalue weighted by molar-refractivity contribution is -0.138. The number of hydrogen-bond donors (Lipinski definition) is 1. The highest BCUT2D eigenvalue weighted by atomic mass is 16.4. The van der Waals surface area contributed by atoms with Gasteiger partial charge in [-0.25, -0.2) is 0 Å². The molecule has 1 saturated carbocycles. The Morgan fingerprint density at radius 2 is 1.89 bits per heavy atom. The summed E-state index contributed by atoms with van der Waals surface area (Å²) in [4.78, 5) is 13.3. The van der Waals surface area contributed by atoms with Crippen LogP contribution in [0.1, 0.15) is 58.3 Å². The Balaban J connectivity index is 1.72. The zero-order valence-corrected chi connectivity index (χ0v) is 11.6. The highest BCUT2D eigenvalue weighted by molar-refractivity contribution is 5.67. The van der Waals surface area contributed by atoms with Gasteiger partial charge in [0, 0.05) is 19.0 Å². The summed E-state index contributed by atoms with van der Waals surface area (Å²) < 4.78 is 0. The first kappa shape index (κ1) is 13.9. The number of nitrogens with zero attached hydrogens (tertiary/aromatic N) is 1. The standard InChI is InChI=1S/C15H27NO2/c1-2-3-12-4-6-14(7-5-12)16-9-8-13(11-16)10-15(17)18/h12-14H,2-11H2,1H3,(H,17,18). The average Bonchev–Trinajstić information content (AvgIpc) is 2.78. The third kappa shape index (κ3) is 3.71. The Hall–Kier alpha value is -0.570. The average molecular weight is 253 g/mol. The van der Waals surface area contributed by atoms with Crippen molar-refractivity contribution in [1.29, 1.82) is 0 Å². The summed E-state index contributed by atoms with van der Waals surface area (Å²) >= 11 is 0. The second kappa shape index (κ2) is 6.55. The van der Waals surface area contributed by atoms with Crippen LogP contribution in [0.2, 0.25) is 0 Å². The molecule has 1 atom stereocenters. The molecule has 1 heterocycles. The van der Waals surface area contributed by atoms with E-state index in [1.807, 2.05) is 0 Å². The number of aliphatic carboxylic acids is 1. The number of hydrogen-bond acceptors (Lipinski definition) is 2. The van der Waals surface area contributed by atoms with Crippen LogP contribution < -0.4 is 0 Å². The summed E-state index contributed by atoms with van der Waals surface area (Å²) in [5.74, 6) is 0.730. The molecule has 2 aliphatic rings. The molecule has 0 amide bonds. The van der Waals surface area contributed by atoms with Crippen molar-refractivity contribution in [3.05, 3.63) is 0 Å². The molecule has 1 unspecified atom stereocenters. The van der Waals surface area contributed by atoms with Crippen LogP contribution in [0.15, 0.2) is 0 Å². The topological polar surface area (TPSA) is 40.5 Å². The molecular formula is C15H27NO2. The molecule has 1 saturated heterocycles. The van der Waals surface area contributed by atoms with Crippen LogP contribution in [0.5, 0.6) is 0 Å². The SMILES string of the molecule is CCCC1CCC(N2CCC(CC(=O)O)C2)CC1. The van der Waals surface area contributed by atoms with Crippen LogP contribution in [-0.4, -0.2) is 35.1 Å². The molecule has 3 heteroatoms. The number of carbonyl (C=O) groups is 1. The van der Waals surface area contributed by atoms with Crippen molar-refractivity contribution in [2.24, 2.45) is 11.8 Å². The summed E-state index contributed by atoms with van der Waals surface area (Å²) in [5.41, 5.74) is 0. The number of likely N-dealkylation sites (tertiary alicyclic amines) is 1. The van der Waals surface area contributed by atoms with Crippen LogP contribution in [0.25, 0.3) is 0 Å². The van der Waals surface area contributed by atoms with E-state index in [9.17, 15) is 4.79 Å². The molecule has 1 aliphatic carbocycles. The maximum absolute atomic E-state index is 10.7. The third-order valence-electron chi connectivity index (χ3n) is 4.81. The van der Waals surface area contributed by atoms with Gasteiger partial charge in [-0.05, 0) is 50.5 Å². The van der Waals surface area contributed by atoms with Gasteiger partial charge in [0.25, 0.3) is 0 Å². The first-order chi connectivity index (χ1) is 8.69. The largest absolute Gasteiger partial charge is 0.481 e. The molecule has 2 fully saturated rings. The molecule has 0 aromatic heterocycles. The fraction of sp³-hybridized carbons (Fsp3) is 0.933. The minimum Gasteiger partial charge on any atom is -0.481 e. The molecule has 0 aromatic rings. The Labute approximate surface area is 111 Å². The predicted octanol–water partition coefficient (Wildman–Crippen LogP) is 3.14. The van der Waals surface area contributed by atoms with Crippen molar-refractivity contribution in [3.63, 3.8) is 0 Å². The van der Waals surface area contributed by atoms with Crippen molar-refractivity contribution in [2.75, 3.05) is 13.1 Å². The summed E-state index contributed by atoms with van der Waals surface area (Å²) in [5, 5.41) is 8.85. The Bertz CT molecular complexity index is 272. The predicted molar refractivity (Wildman–Crippen MR) is 72.6 cm³/mol. The summed E-state index contributed by atoms with van der Waals surface area (Å²) in [6.45, 7) is 4.43. The van der Waals surface area contributed by atoms with Gasteiger partial charge in [-0.15, -0.1) is 0 Å². The quantitative estimate of drug-likeness (QED) is 0.818.